The van der Waals surface area contributed by atoms with Gasteiger partial charge in [0.15, 0.2) is 0 Å². The van der Waals surface area contributed by atoms with E-state index in [4.69, 9.17) is 10.5 Å². The van der Waals surface area contributed by atoms with Crippen molar-refractivity contribution in [2.45, 2.75) is 6.61 Å². The van der Waals surface area contributed by atoms with Gasteiger partial charge in [0.25, 0.3) is 5.91 Å². The van der Waals surface area contributed by atoms with Crippen molar-refractivity contribution in [3.8, 4) is 17.0 Å². The fraction of sp³-hybridized carbons (Fsp3) is 0.0625. The summed E-state index contributed by atoms with van der Waals surface area (Å²) in [5, 5.41) is 0. The molecule has 2 heterocycles. The van der Waals surface area contributed by atoms with E-state index in [2.05, 4.69) is 15.0 Å². The van der Waals surface area contributed by atoms with E-state index in [-0.39, 0.29) is 6.61 Å². The highest BCUT2D eigenvalue weighted by Crippen LogP contribution is 2.21. The number of hydrogen-bond donors (Lipinski definition) is 2. The van der Waals surface area contributed by atoms with Gasteiger partial charge < -0.3 is 15.5 Å². The van der Waals surface area contributed by atoms with E-state index in [9.17, 15) is 4.79 Å². The molecule has 0 unspecified atom stereocenters. The number of nitrogens with one attached hydrogen (secondary N) is 1. The molecule has 110 valence electrons. The Kier molecular flexibility index (Phi) is 3.82. The molecule has 0 saturated carbocycles. The van der Waals surface area contributed by atoms with Crippen LogP contribution in [0.25, 0.3) is 11.3 Å². The summed E-state index contributed by atoms with van der Waals surface area (Å²) in [6.45, 7) is 0.181. The number of benzene rings is 1. The molecule has 0 aliphatic heterocycles. The van der Waals surface area contributed by atoms with Crippen LogP contribution in [0, 0.1) is 0 Å². The van der Waals surface area contributed by atoms with Gasteiger partial charge in [-0.15, -0.1) is 0 Å². The predicted octanol–water partition coefficient (Wildman–Crippen LogP) is 2.15. The fourth-order valence-electron chi connectivity index (χ4n) is 2.07. The van der Waals surface area contributed by atoms with Gasteiger partial charge in [-0.05, 0) is 36.4 Å². The summed E-state index contributed by atoms with van der Waals surface area (Å²) >= 11 is 0. The maximum atomic E-state index is 11.3. The molecule has 6 nitrogen and oxygen atoms in total. The summed E-state index contributed by atoms with van der Waals surface area (Å²) in [7, 11) is 0. The second-order valence-electron chi connectivity index (χ2n) is 4.63. The number of imidazole rings is 1. The molecule has 0 aliphatic rings. The minimum absolute atomic E-state index is 0.181. The zero-order valence-corrected chi connectivity index (χ0v) is 11.7. The zero-order chi connectivity index (χ0) is 15.4. The van der Waals surface area contributed by atoms with Gasteiger partial charge in [0.05, 0.1) is 23.3 Å². The van der Waals surface area contributed by atoms with Crippen LogP contribution in [0.5, 0.6) is 5.75 Å². The van der Waals surface area contributed by atoms with Gasteiger partial charge in [0.1, 0.15) is 12.4 Å². The van der Waals surface area contributed by atoms with Crippen LogP contribution >= 0.6 is 0 Å². The number of nitrogens with zero attached hydrogens (tertiary/aromatic N) is 2. The first kappa shape index (κ1) is 13.8. The van der Waals surface area contributed by atoms with Crippen molar-refractivity contribution in [3.05, 3.63) is 66.4 Å². The molecule has 0 bridgehead atoms. The van der Waals surface area contributed by atoms with E-state index < -0.39 is 5.91 Å². The lowest BCUT2D eigenvalue weighted by Gasteiger charge is -2.08. The maximum Gasteiger partial charge on any atom is 0.250 e. The summed E-state index contributed by atoms with van der Waals surface area (Å²) in [6, 6.07) is 10.8. The van der Waals surface area contributed by atoms with Gasteiger partial charge in [-0.25, -0.2) is 4.98 Å². The second kappa shape index (κ2) is 6.09. The number of carbonyl (C=O) groups excluding carboxylic acids is 1. The van der Waals surface area contributed by atoms with Crippen LogP contribution in [-0.4, -0.2) is 20.9 Å². The van der Waals surface area contributed by atoms with Crippen LogP contribution < -0.4 is 10.5 Å². The molecule has 3 N–H and O–H groups in total. The summed E-state index contributed by atoms with van der Waals surface area (Å²) < 4.78 is 5.66. The van der Waals surface area contributed by atoms with Crippen LogP contribution in [0.1, 0.15) is 16.1 Å². The Morgan fingerprint density at radius 2 is 2.00 bits per heavy atom. The first-order chi connectivity index (χ1) is 10.7. The van der Waals surface area contributed by atoms with Gasteiger partial charge in [-0.1, -0.05) is 0 Å². The molecule has 22 heavy (non-hydrogen) atoms. The first-order valence-electron chi connectivity index (χ1n) is 6.70. The topological polar surface area (TPSA) is 93.9 Å². The molecule has 2 aromatic heterocycles. The number of hydrogen-bond acceptors (Lipinski definition) is 4. The van der Waals surface area contributed by atoms with Gasteiger partial charge in [0, 0.05) is 18.0 Å². The highest BCUT2D eigenvalue weighted by Gasteiger charge is 2.09. The van der Waals surface area contributed by atoms with Crippen molar-refractivity contribution in [2.24, 2.45) is 5.73 Å². The average Bonchev–Trinajstić information content (AvgIpc) is 3.08. The van der Waals surface area contributed by atoms with Crippen LogP contribution in [0.3, 0.4) is 0 Å². The van der Waals surface area contributed by atoms with Crippen LogP contribution in [0.15, 0.2) is 55.1 Å². The van der Waals surface area contributed by atoms with E-state index in [1.54, 1.807) is 24.7 Å². The lowest BCUT2D eigenvalue weighted by Crippen LogP contribution is -2.15. The Labute approximate surface area is 127 Å². The number of pyridine rings is 1. The Morgan fingerprint density at radius 1 is 1.18 bits per heavy atom. The van der Waals surface area contributed by atoms with E-state index >= 15 is 0 Å². The van der Waals surface area contributed by atoms with Crippen LogP contribution in [0.2, 0.25) is 0 Å². The number of carbonyl (C=O) groups is 1. The van der Waals surface area contributed by atoms with Gasteiger partial charge in [0.2, 0.25) is 0 Å². The van der Waals surface area contributed by atoms with Gasteiger partial charge >= 0.3 is 0 Å². The summed E-state index contributed by atoms with van der Waals surface area (Å²) in [5.74, 6) is 0.168. The number of aromatic nitrogens is 3. The first-order valence-corrected chi connectivity index (χ1v) is 6.70. The molecule has 0 spiro atoms. The minimum atomic E-state index is -0.513. The number of aromatic amines is 1. The van der Waals surface area contributed by atoms with Crippen LogP contribution in [0.4, 0.5) is 0 Å². The van der Waals surface area contributed by atoms with Crippen molar-refractivity contribution < 1.29 is 9.53 Å². The van der Waals surface area contributed by atoms with Crippen molar-refractivity contribution in [2.75, 3.05) is 0 Å². The quantitative estimate of drug-likeness (QED) is 0.754. The van der Waals surface area contributed by atoms with E-state index in [1.807, 2.05) is 30.5 Å². The smallest absolute Gasteiger partial charge is 0.250 e. The Hall–Kier alpha value is -3.15. The number of rotatable bonds is 5. The molecule has 3 aromatic rings. The molecule has 0 aliphatic carbocycles. The lowest BCUT2D eigenvalue weighted by atomic mass is 10.1. The highest BCUT2D eigenvalue weighted by molar-refractivity contribution is 5.93. The third-order valence-electron chi connectivity index (χ3n) is 3.18. The fourth-order valence-corrected chi connectivity index (χ4v) is 2.07. The molecule has 3 rings (SSSR count). The molecule has 0 fully saturated rings. The highest BCUT2D eigenvalue weighted by atomic mass is 16.5. The lowest BCUT2D eigenvalue weighted by molar-refractivity contribution is 0.0997. The van der Waals surface area contributed by atoms with Crippen molar-refractivity contribution in [3.63, 3.8) is 0 Å². The van der Waals surface area contributed by atoms with Crippen molar-refractivity contribution >= 4 is 5.91 Å². The molecule has 0 saturated heterocycles. The SMILES string of the molecule is NC(=O)c1cccnc1COc1ccc(-c2c[nH]cn2)cc1. The number of primary amides is 1. The molecule has 6 heteroatoms. The summed E-state index contributed by atoms with van der Waals surface area (Å²) in [6.07, 6.45) is 5.06. The second-order valence-corrected chi connectivity index (χ2v) is 4.63. The van der Waals surface area contributed by atoms with E-state index in [1.165, 1.54) is 0 Å². The molecule has 0 atom stereocenters. The molecule has 1 aromatic carbocycles. The standard InChI is InChI=1S/C16H14N4O2/c17-16(21)13-2-1-7-19-15(13)9-22-12-5-3-11(4-6-12)14-8-18-10-20-14/h1-8,10H,9H2,(H2,17,21)(H,18,20). The van der Waals surface area contributed by atoms with E-state index in [0.29, 0.717) is 17.0 Å². The van der Waals surface area contributed by atoms with Gasteiger partial charge in [-0.3, -0.25) is 9.78 Å². The number of nitrogens with two attached hydrogens (primary N) is 1. The average molecular weight is 294 g/mol. The predicted molar refractivity (Wildman–Crippen MR) is 81.1 cm³/mol. The Balaban J connectivity index is 1.71. The van der Waals surface area contributed by atoms with Crippen molar-refractivity contribution in [1.82, 2.24) is 15.0 Å². The molecular weight excluding hydrogens is 280 g/mol. The van der Waals surface area contributed by atoms with E-state index in [0.717, 1.165) is 11.3 Å². The number of ether oxygens (including phenoxy) is 1. The molecule has 1 amide bonds. The van der Waals surface area contributed by atoms with Gasteiger partial charge in [-0.2, -0.15) is 0 Å². The van der Waals surface area contributed by atoms with Crippen LogP contribution in [-0.2, 0) is 6.61 Å². The number of H-pyrrole nitrogens is 1. The zero-order valence-electron chi connectivity index (χ0n) is 11.7. The largest absolute Gasteiger partial charge is 0.487 e. The maximum absolute atomic E-state index is 11.3. The van der Waals surface area contributed by atoms with Crippen molar-refractivity contribution in [1.29, 1.82) is 0 Å². The molecule has 0 radical (unpaired) electrons. The monoisotopic (exact) mass is 294 g/mol. The normalized spacial score (nSPS) is 10.4. The summed E-state index contributed by atoms with van der Waals surface area (Å²) in [4.78, 5) is 22.6. The minimum Gasteiger partial charge on any atom is -0.487 e. The Morgan fingerprint density at radius 3 is 2.68 bits per heavy atom. The number of amides is 1. The third-order valence-corrected chi connectivity index (χ3v) is 3.18. The Bertz CT molecular complexity index is 767. The third kappa shape index (κ3) is 2.95. The summed E-state index contributed by atoms with van der Waals surface area (Å²) in [5.41, 5.74) is 8.06. The molecular formula is C16H14N4O2.